The molecule has 1 amide bonds. The maximum absolute atomic E-state index is 13.5. The summed E-state index contributed by atoms with van der Waals surface area (Å²) in [4.78, 5) is 12.2. The van der Waals surface area contributed by atoms with E-state index in [0.717, 1.165) is 34.3 Å². The molecule has 1 heterocycles. The van der Waals surface area contributed by atoms with E-state index < -0.39 is 24.5 Å². The predicted octanol–water partition coefficient (Wildman–Crippen LogP) is 4.11. The molecular formula is C26H31F4N3O4. The number of benzene rings is 2. The zero-order valence-corrected chi connectivity index (χ0v) is 20.7. The summed E-state index contributed by atoms with van der Waals surface area (Å²) in [7, 11) is 0. The van der Waals surface area contributed by atoms with Crippen LogP contribution in [0.2, 0.25) is 0 Å². The van der Waals surface area contributed by atoms with Gasteiger partial charge in [-0.1, -0.05) is 0 Å². The molecule has 0 aliphatic heterocycles. The van der Waals surface area contributed by atoms with E-state index in [1.165, 1.54) is 6.07 Å². The number of aryl methyl sites for hydroxylation is 2. The third-order valence-electron chi connectivity index (χ3n) is 5.76. The van der Waals surface area contributed by atoms with Crippen molar-refractivity contribution in [3.8, 4) is 11.5 Å². The van der Waals surface area contributed by atoms with Crippen LogP contribution in [0.1, 0.15) is 35.0 Å². The molecule has 3 rings (SSSR count). The molecule has 3 aromatic rings. The lowest BCUT2D eigenvalue weighted by Gasteiger charge is -2.17. The third kappa shape index (κ3) is 7.83. The molecule has 0 unspecified atom stereocenters. The number of nitrogens with one attached hydrogen (secondary N) is 1. The number of aliphatic hydroxyl groups excluding tert-OH is 1. The van der Waals surface area contributed by atoms with Gasteiger partial charge in [0.25, 0.3) is 5.91 Å². The molecule has 37 heavy (non-hydrogen) atoms. The van der Waals surface area contributed by atoms with E-state index in [1.807, 2.05) is 30.5 Å². The molecule has 7 nitrogen and oxygen atoms in total. The summed E-state index contributed by atoms with van der Waals surface area (Å²) in [5.41, 5.74) is 8.71. The van der Waals surface area contributed by atoms with Crippen molar-refractivity contribution in [3.05, 3.63) is 59.0 Å². The first-order valence-corrected chi connectivity index (χ1v) is 11.9. The van der Waals surface area contributed by atoms with Crippen LogP contribution in [0.4, 0.5) is 17.6 Å². The number of rotatable bonds is 13. The molecule has 0 aliphatic carbocycles. The molecule has 0 radical (unpaired) electrons. The number of carbonyl (C=O) groups excluding carboxylic acids is 1. The summed E-state index contributed by atoms with van der Waals surface area (Å²) >= 11 is 0. The van der Waals surface area contributed by atoms with Crippen LogP contribution in [0.15, 0.2) is 36.4 Å². The average Bonchev–Trinajstić information content (AvgIpc) is 3.13. The highest BCUT2D eigenvalue weighted by Gasteiger charge is 2.29. The minimum Gasteiger partial charge on any atom is -0.488 e. The summed E-state index contributed by atoms with van der Waals surface area (Å²) in [5, 5.41) is 13.3. The number of ether oxygens (including phenoxy) is 2. The van der Waals surface area contributed by atoms with E-state index in [0.29, 0.717) is 31.5 Å². The Morgan fingerprint density at radius 1 is 1.16 bits per heavy atom. The van der Waals surface area contributed by atoms with E-state index in [1.54, 1.807) is 6.07 Å². The number of halogens is 4. The Hall–Kier alpha value is -3.31. The molecule has 1 atom stereocenters. The molecule has 0 saturated heterocycles. The number of hydrogen-bond acceptors (Lipinski definition) is 5. The Labute approximate surface area is 212 Å². The largest absolute Gasteiger partial charge is 0.488 e. The van der Waals surface area contributed by atoms with E-state index >= 15 is 0 Å². The summed E-state index contributed by atoms with van der Waals surface area (Å²) < 4.78 is 63.0. The molecule has 0 bridgehead atoms. The number of aliphatic hydroxyl groups is 1. The quantitative estimate of drug-likeness (QED) is 0.231. The number of aromatic nitrogens is 1. The molecule has 202 valence electrons. The van der Waals surface area contributed by atoms with Gasteiger partial charge in [0, 0.05) is 42.9 Å². The molecule has 2 aromatic carbocycles. The number of nitrogens with two attached hydrogens (primary N) is 1. The van der Waals surface area contributed by atoms with E-state index in [2.05, 4.69) is 10.1 Å². The van der Waals surface area contributed by atoms with Gasteiger partial charge in [-0.05, 0) is 62.6 Å². The van der Waals surface area contributed by atoms with Gasteiger partial charge in [-0.25, -0.2) is 4.39 Å². The van der Waals surface area contributed by atoms with Crippen LogP contribution in [-0.2, 0) is 13.0 Å². The Bertz CT molecular complexity index is 1230. The standard InChI is InChI=1S/C26H31F4N3O4/c1-16(32-6-9-36-22-5-4-20(27)14-23(22)37-15-26(28,29)30)10-18-12-19-11-17(2)33(7-3-8-34)24(19)21(13-18)25(31)35/h4-5,11-14,16,32,34H,3,6-10,15H2,1-2H3,(H2,31,35)/t16-/m1/s1. The lowest BCUT2D eigenvalue weighted by molar-refractivity contribution is -0.153. The van der Waals surface area contributed by atoms with Gasteiger partial charge in [0.15, 0.2) is 18.1 Å². The molecule has 0 fully saturated rings. The second-order valence-electron chi connectivity index (χ2n) is 8.86. The van der Waals surface area contributed by atoms with Gasteiger partial charge in [-0.15, -0.1) is 0 Å². The fraction of sp³-hybridized carbons (Fsp3) is 0.423. The second kappa shape index (κ2) is 12.3. The Morgan fingerprint density at radius 2 is 1.92 bits per heavy atom. The normalized spacial score (nSPS) is 12.6. The van der Waals surface area contributed by atoms with Gasteiger partial charge in [-0.2, -0.15) is 13.2 Å². The topological polar surface area (TPSA) is 98.7 Å². The SMILES string of the molecule is Cc1cc2cc(C[C@@H](C)NCCOc3ccc(F)cc3OCC(F)(F)F)cc(C(N)=O)c2n1CCCO. The molecule has 1 aromatic heterocycles. The van der Waals surface area contributed by atoms with Crippen LogP contribution >= 0.6 is 0 Å². The summed E-state index contributed by atoms with van der Waals surface area (Å²) in [6.07, 6.45) is -3.42. The van der Waals surface area contributed by atoms with Crippen LogP contribution in [0.3, 0.4) is 0 Å². The molecule has 0 saturated carbocycles. The van der Waals surface area contributed by atoms with Crippen molar-refractivity contribution in [1.82, 2.24) is 9.88 Å². The molecule has 11 heteroatoms. The lowest BCUT2D eigenvalue weighted by Crippen LogP contribution is -2.32. The van der Waals surface area contributed by atoms with E-state index in [4.69, 9.17) is 10.5 Å². The van der Waals surface area contributed by atoms with Gasteiger partial charge >= 0.3 is 6.18 Å². The fourth-order valence-corrected chi connectivity index (χ4v) is 4.20. The maximum atomic E-state index is 13.5. The highest BCUT2D eigenvalue weighted by molar-refractivity contribution is 6.05. The van der Waals surface area contributed by atoms with E-state index in [9.17, 15) is 27.5 Å². The van der Waals surface area contributed by atoms with Crippen molar-refractivity contribution in [2.45, 2.75) is 45.5 Å². The van der Waals surface area contributed by atoms with Gasteiger partial charge in [0.05, 0.1) is 11.1 Å². The van der Waals surface area contributed by atoms with Crippen molar-refractivity contribution >= 4 is 16.8 Å². The number of nitrogens with zero attached hydrogens (tertiary/aromatic N) is 1. The van der Waals surface area contributed by atoms with Crippen LogP contribution in [0, 0.1) is 12.7 Å². The Kier molecular flexibility index (Phi) is 9.39. The minimum absolute atomic E-state index is 0.0118. The molecule has 0 aliphatic rings. The predicted molar refractivity (Wildman–Crippen MR) is 132 cm³/mol. The molecule has 0 spiro atoms. The number of hydrogen-bond donors (Lipinski definition) is 3. The first-order valence-electron chi connectivity index (χ1n) is 11.9. The number of primary amides is 1. The lowest BCUT2D eigenvalue weighted by atomic mass is 10.0. The molecular weight excluding hydrogens is 494 g/mol. The molecule has 4 N–H and O–H groups in total. The fourth-order valence-electron chi connectivity index (χ4n) is 4.20. The zero-order valence-electron chi connectivity index (χ0n) is 20.7. The van der Waals surface area contributed by atoms with Crippen molar-refractivity contribution in [1.29, 1.82) is 0 Å². The first-order chi connectivity index (χ1) is 17.5. The number of carbonyl (C=O) groups is 1. The van der Waals surface area contributed by atoms with Gasteiger partial charge < -0.3 is 30.2 Å². The van der Waals surface area contributed by atoms with E-state index in [-0.39, 0.29) is 30.8 Å². The van der Waals surface area contributed by atoms with Crippen molar-refractivity contribution in [2.24, 2.45) is 5.73 Å². The summed E-state index contributed by atoms with van der Waals surface area (Å²) in [5.74, 6) is -1.58. The van der Waals surface area contributed by atoms with Crippen LogP contribution in [0.5, 0.6) is 11.5 Å². The number of fused-ring (bicyclic) bond motifs is 1. The van der Waals surface area contributed by atoms with Gasteiger partial charge in [0.2, 0.25) is 0 Å². The van der Waals surface area contributed by atoms with Gasteiger partial charge in [-0.3, -0.25) is 4.79 Å². The Morgan fingerprint density at radius 3 is 2.59 bits per heavy atom. The number of alkyl halides is 3. The number of amides is 1. The summed E-state index contributed by atoms with van der Waals surface area (Å²) in [6.45, 7) is 3.41. The van der Waals surface area contributed by atoms with Crippen molar-refractivity contribution < 1.29 is 36.9 Å². The summed E-state index contributed by atoms with van der Waals surface area (Å²) in [6, 6.07) is 8.88. The average molecular weight is 526 g/mol. The van der Waals surface area contributed by atoms with Crippen LogP contribution in [-0.4, -0.2) is 54.2 Å². The smallest absolute Gasteiger partial charge is 0.422 e. The van der Waals surface area contributed by atoms with Gasteiger partial charge in [0.1, 0.15) is 12.4 Å². The van der Waals surface area contributed by atoms with Crippen molar-refractivity contribution in [3.63, 3.8) is 0 Å². The van der Waals surface area contributed by atoms with Crippen molar-refractivity contribution in [2.75, 3.05) is 26.4 Å². The second-order valence-corrected chi connectivity index (χ2v) is 8.86. The van der Waals surface area contributed by atoms with Crippen LogP contribution < -0.4 is 20.5 Å². The van der Waals surface area contributed by atoms with Crippen LogP contribution in [0.25, 0.3) is 10.9 Å². The highest BCUT2D eigenvalue weighted by atomic mass is 19.4. The monoisotopic (exact) mass is 525 g/mol. The third-order valence-corrected chi connectivity index (χ3v) is 5.76. The first kappa shape index (κ1) is 28.3. The minimum atomic E-state index is -4.56. The highest BCUT2D eigenvalue weighted by Crippen LogP contribution is 2.30. The Balaban J connectivity index is 1.61. The zero-order chi connectivity index (χ0) is 27.2. The maximum Gasteiger partial charge on any atom is 0.422 e.